The Morgan fingerprint density at radius 2 is 2.00 bits per heavy atom. The van der Waals surface area contributed by atoms with Crippen LogP contribution in [0.4, 0.5) is 0 Å². The molecule has 0 N–H and O–H groups in total. The van der Waals surface area contributed by atoms with Crippen molar-refractivity contribution in [2.75, 3.05) is 0 Å². The fourth-order valence-electron chi connectivity index (χ4n) is 1.23. The van der Waals surface area contributed by atoms with E-state index in [0.717, 1.165) is 11.4 Å². The minimum Gasteiger partial charge on any atom is -0.473 e. The molecule has 0 amide bonds. The monoisotopic (exact) mass is 188 g/mol. The maximum absolute atomic E-state index is 5.56. The lowest BCUT2D eigenvalue weighted by Gasteiger charge is -2.05. The summed E-state index contributed by atoms with van der Waals surface area (Å²) in [6.07, 6.45) is 1.72. The molecule has 1 heterocycles. The molecule has 2 aromatic rings. The Hall–Kier alpha value is -1.77. The minimum absolute atomic E-state index is 0.584. The predicted octanol–water partition coefficient (Wildman–Crippen LogP) is 2.00. The van der Waals surface area contributed by atoms with Gasteiger partial charge in [0, 0.05) is 13.1 Å². The second kappa shape index (κ2) is 3.96. The van der Waals surface area contributed by atoms with Crippen LogP contribution in [0, 0.1) is 0 Å². The highest BCUT2D eigenvalue weighted by atomic mass is 16.5. The molecule has 0 aliphatic carbocycles. The average Bonchev–Trinajstić information content (AvgIpc) is 2.63. The molecule has 0 aliphatic rings. The standard InChI is InChI=1S/C11H12N2O/c1-13-11(7-8-12-13)14-9-10-5-3-2-4-6-10/h2-8H,9H2,1H3. The Morgan fingerprint density at radius 1 is 1.21 bits per heavy atom. The van der Waals surface area contributed by atoms with Gasteiger partial charge in [-0.05, 0) is 5.56 Å². The molecule has 0 spiro atoms. The summed E-state index contributed by atoms with van der Waals surface area (Å²) in [4.78, 5) is 0. The quantitative estimate of drug-likeness (QED) is 0.736. The van der Waals surface area contributed by atoms with Gasteiger partial charge in [-0.25, -0.2) is 4.68 Å². The van der Waals surface area contributed by atoms with E-state index >= 15 is 0 Å². The van der Waals surface area contributed by atoms with Gasteiger partial charge in [0.05, 0.1) is 6.20 Å². The topological polar surface area (TPSA) is 27.1 Å². The van der Waals surface area contributed by atoms with Crippen LogP contribution in [0.25, 0.3) is 0 Å². The van der Waals surface area contributed by atoms with Gasteiger partial charge in [-0.2, -0.15) is 5.10 Å². The average molecular weight is 188 g/mol. The molecule has 3 nitrogen and oxygen atoms in total. The summed E-state index contributed by atoms with van der Waals surface area (Å²) < 4.78 is 7.27. The van der Waals surface area contributed by atoms with Crippen molar-refractivity contribution >= 4 is 0 Å². The zero-order valence-corrected chi connectivity index (χ0v) is 8.05. The van der Waals surface area contributed by atoms with Crippen LogP contribution in [0.5, 0.6) is 5.88 Å². The van der Waals surface area contributed by atoms with E-state index in [9.17, 15) is 0 Å². The molecule has 0 unspecified atom stereocenters. The van der Waals surface area contributed by atoms with Crippen molar-refractivity contribution in [1.29, 1.82) is 0 Å². The normalized spacial score (nSPS) is 10.1. The summed E-state index contributed by atoms with van der Waals surface area (Å²) in [5.74, 6) is 0.786. The summed E-state index contributed by atoms with van der Waals surface area (Å²) >= 11 is 0. The van der Waals surface area contributed by atoms with Crippen molar-refractivity contribution in [3.63, 3.8) is 0 Å². The van der Waals surface area contributed by atoms with Crippen LogP contribution in [-0.4, -0.2) is 9.78 Å². The number of nitrogens with zero attached hydrogens (tertiary/aromatic N) is 2. The van der Waals surface area contributed by atoms with Crippen molar-refractivity contribution < 1.29 is 4.74 Å². The van der Waals surface area contributed by atoms with Gasteiger partial charge in [0.15, 0.2) is 0 Å². The van der Waals surface area contributed by atoms with Crippen molar-refractivity contribution in [2.45, 2.75) is 6.61 Å². The lowest BCUT2D eigenvalue weighted by Crippen LogP contribution is -2.00. The van der Waals surface area contributed by atoms with Gasteiger partial charge >= 0.3 is 0 Å². The smallest absolute Gasteiger partial charge is 0.211 e. The number of ether oxygens (including phenoxy) is 1. The van der Waals surface area contributed by atoms with Crippen LogP contribution in [0.2, 0.25) is 0 Å². The minimum atomic E-state index is 0.584. The number of hydrogen-bond donors (Lipinski definition) is 0. The first kappa shape index (κ1) is 8.81. The van der Waals surface area contributed by atoms with E-state index in [4.69, 9.17) is 4.74 Å². The first-order chi connectivity index (χ1) is 6.86. The molecule has 1 aromatic carbocycles. The zero-order valence-electron chi connectivity index (χ0n) is 8.05. The first-order valence-corrected chi connectivity index (χ1v) is 4.51. The van der Waals surface area contributed by atoms with E-state index in [1.54, 1.807) is 10.9 Å². The van der Waals surface area contributed by atoms with E-state index in [1.165, 1.54) is 0 Å². The molecule has 72 valence electrons. The SMILES string of the molecule is Cn1nccc1OCc1ccccc1. The molecule has 3 heteroatoms. The number of aryl methyl sites for hydroxylation is 1. The Morgan fingerprint density at radius 3 is 2.64 bits per heavy atom. The molecular weight excluding hydrogens is 176 g/mol. The van der Waals surface area contributed by atoms with Crippen LogP contribution in [0.3, 0.4) is 0 Å². The summed E-state index contributed by atoms with van der Waals surface area (Å²) in [5.41, 5.74) is 1.16. The number of benzene rings is 1. The molecule has 0 saturated heterocycles. The lowest BCUT2D eigenvalue weighted by molar-refractivity contribution is 0.279. The van der Waals surface area contributed by atoms with Crippen molar-refractivity contribution in [3.05, 3.63) is 48.2 Å². The Kier molecular flexibility index (Phi) is 2.49. The summed E-state index contributed by atoms with van der Waals surface area (Å²) in [6, 6.07) is 11.9. The molecule has 1 aromatic heterocycles. The van der Waals surface area contributed by atoms with Gasteiger partial charge in [0.2, 0.25) is 5.88 Å². The Labute approximate surface area is 82.9 Å². The maximum atomic E-state index is 5.56. The lowest BCUT2D eigenvalue weighted by atomic mass is 10.2. The molecule has 14 heavy (non-hydrogen) atoms. The molecule has 0 saturated carbocycles. The third-order valence-corrected chi connectivity index (χ3v) is 2.01. The second-order valence-corrected chi connectivity index (χ2v) is 3.07. The molecule has 0 aliphatic heterocycles. The highest BCUT2D eigenvalue weighted by Crippen LogP contribution is 2.09. The van der Waals surface area contributed by atoms with Gasteiger partial charge < -0.3 is 4.74 Å². The van der Waals surface area contributed by atoms with Crippen LogP contribution < -0.4 is 4.74 Å². The summed E-state index contributed by atoms with van der Waals surface area (Å²) in [5, 5.41) is 4.02. The Bertz CT molecular complexity index is 395. The number of rotatable bonds is 3. The van der Waals surface area contributed by atoms with E-state index in [-0.39, 0.29) is 0 Å². The fourth-order valence-corrected chi connectivity index (χ4v) is 1.23. The third kappa shape index (κ3) is 1.93. The molecule has 2 rings (SSSR count). The van der Waals surface area contributed by atoms with Crippen molar-refractivity contribution in [2.24, 2.45) is 7.05 Å². The van der Waals surface area contributed by atoms with Crippen LogP contribution in [0.1, 0.15) is 5.56 Å². The van der Waals surface area contributed by atoms with Gasteiger partial charge in [-0.3, -0.25) is 0 Å². The fraction of sp³-hybridized carbons (Fsp3) is 0.182. The maximum Gasteiger partial charge on any atom is 0.211 e. The predicted molar refractivity (Wildman–Crippen MR) is 54.0 cm³/mol. The molecule has 0 bridgehead atoms. The molecular formula is C11H12N2O. The van der Waals surface area contributed by atoms with E-state index in [2.05, 4.69) is 5.10 Å². The summed E-state index contributed by atoms with van der Waals surface area (Å²) in [6.45, 7) is 0.584. The molecule has 0 radical (unpaired) electrons. The van der Waals surface area contributed by atoms with Gasteiger partial charge in [0.25, 0.3) is 0 Å². The molecule has 0 atom stereocenters. The van der Waals surface area contributed by atoms with E-state index < -0.39 is 0 Å². The summed E-state index contributed by atoms with van der Waals surface area (Å²) in [7, 11) is 1.86. The van der Waals surface area contributed by atoms with Gasteiger partial charge in [-0.1, -0.05) is 30.3 Å². The van der Waals surface area contributed by atoms with Gasteiger partial charge in [0.1, 0.15) is 6.61 Å². The third-order valence-electron chi connectivity index (χ3n) is 2.01. The number of aromatic nitrogens is 2. The first-order valence-electron chi connectivity index (χ1n) is 4.51. The van der Waals surface area contributed by atoms with Crippen LogP contribution >= 0.6 is 0 Å². The zero-order chi connectivity index (χ0) is 9.80. The Balaban J connectivity index is 1.99. The molecule has 0 fully saturated rings. The van der Waals surface area contributed by atoms with E-state index in [0.29, 0.717) is 6.61 Å². The largest absolute Gasteiger partial charge is 0.473 e. The van der Waals surface area contributed by atoms with Crippen molar-refractivity contribution in [3.8, 4) is 5.88 Å². The van der Waals surface area contributed by atoms with Crippen LogP contribution in [-0.2, 0) is 13.7 Å². The van der Waals surface area contributed by atoms with Gasteiger partial charge in [-0.15, -0.1) is 0 Å². The highest BCUT2D eigenvalue weighted by Gasteiger charge is 1.98. The number of hydrogen-bond acceptors (Lipinski definition) is 2. The van der Waals surface area contributed by atoms with Crippen LogP contribution in [0.15, 0.2) is 42.6 Å². The van der Waals surface area contributed by atoms with Crippen molar-refractivity contribution in [1.82, 2.24) is 9.78 Å². The van der Waals surface area contributed by atoms with E-state index in [1.807, 2.05) is 43.4 Å². The highest BCUT2D eigenvalue weighted by molar-refractivity contribution is 5.15. The second-order valence-electron chi connectivity index (χ2n) is 3.07.